The van der Waals surface area contributed by atoms with Gasteiger partial charge in [0.15, 0.2) is 5.78 Å². The van der Waals surface area contributed by atoms with Crippen molar-refractivity contribution >= 4 is 29.3 Å². The number of hydrogen-bond donors (Lipinski definition) is 1. The second kappa shape index (κ2) is 12.0. The van der Waals surface area contributed by atoms with Gasteiger partial charge in [-0.2, -0.15) is 0 Å². The van der Waals surface area contributed by atoms with Crippen LogP contribution in [-0.2, 0) is 20.9 Å². The van der Waals surface area contributed by atoms with Crippen molar-refractivity contribution in [1.29, 1.82) is 0 Å². The molecule has 0 bridgehead atoms. The molecule has 9 nitrogen and oxygen atoms in total. The van der Waals surface area contributed by atoms with Gasteiger partial charge >= 0.3 is 5.97 Å². The largest absolute Gasteiger partial charge is 0.457 e. The normalized spacial score (nSPS) is 20.5. The van der Waals surface area contributed by atoms with E-state index in [0.29, 0.717) is 36.2 Å². The second-order valence-corrected chi connectivity index (χ2v) is 11.3. The summed E-state index contributed by atoms with van der Waals surface area (Å²) in [6, 6.07) is 12.1. The minimum Gasteiger partial charge on any atom is -0.457 e. The molecular formula is C32H38N4O5. The van der Waals surface area contributed by atoms with Crippen LogP contribution in [0.3, 0.4) is 0 Å². The summed E-state index contributed by atoms with van der Waals surface area (Å²) in [5.41, 5.74) is 4.14. The molecule has 2 amide bonds. The number of ether oxygens (including phenoxy) is 1. The molecule has 0 spiro atoms. The zero-order chi connectivity index (χ0) is 29.3. The van der Waals surface area contributed by atoms with E-state index in [9.17, 15) is 19.2 Å². The van der Waals surface area contributed by atoms with Crippen LogP contribution < -0.4 is 10.2 Å². The minimum atomic E-state index is -0.550. The molecule has 3 heterocycles. The number of Topliss-reactive ketones (excluding diaryl/α,β-unsaturated/α-hetero) is 1. The van der Waals surface area contributed by atoms with Crippen LogP contribution in [0.5, 0.6) is 0 Å². The molecule has 2 aromatic rings. The second-order valence-electron chi connectivity index (χ2n) is 11.3. The molecule has 3 unspecified atom stereocenters. The highest BCUT2D eigenvalue weighted by Crippen LogP contribution is 2.36. The number of amides is 2. The summed E-state index contributed by atoms with van der Waals surface area (Å²) < 4.78 is 5.21. The van der Waals surface area contributed by atoms with E-state index in [1.54, 1.807) is 13.0 Å². The number of esters is 1. The van der Waals surface area contributed by atoms with Gasteiger partial charge in [-0.25, -0.2) is 4.79 Å². The Morgan fingerprint density at radius 1 is 1.12 bits per heavy atom. The predicted octanol–water partition coefficient (Wildman–Crippen LogP) is 3.49. The van der Waals surface area contributed by atoms with E-state index in [0.717, 1.165) is 36.2 Å². The molecule has 3 aliphatic heterocycles. The number of carbonyl (C=O) groups is 4. The van der Waals surface area contributed by atoms with E-state index in [2.05, 4.69) is 17.1 Å². The van der Waals surface area contributed by atoms with Crippen molar-refractivity contribution in [1.82, 2.24) is 15.1 Å². The number of nitrogens with zero attached hydrogens (tertiary/aromatic N) is 3. The van der Waals surface area contributed by atoms with Gasteiger partial charge in [0, 0.05) is 68.2 Å². The molecule has 216 valence electrons. The van der Waals surface area contributed by atoms with Crippen molar-refractivity contribution in [3.63, 3.8) is 0 Å². The van der Waals surface area contributed by atoms with Crippen LogP contribution in [0.2, 0.25) is 0 Å². The van der Waals surface area contributed by atoms with Crippen molar-refractivity contribution < 1.29 is 23.9 Å². The molecule has 1 saturated heterocycles. The maximum atomic E-state index is 13.8. The molecule has 3 atom stereocenters. The highest BCUT2D eigenvalue weighted by Gasteiger charge is 2.40. The topological polar surface area (TPSA) is 99.3 Å². The molecule has 1 fully saturated rings. The summed E-state index contributed by atoms with van der Waals surface area (Å²) in [6.45, 7) is 5.89. The average Bonchev–Trinajstić information content (AvgIpc) is 3.47. The summed E-state index contributed by atoms with van der Waals surface area (Å²) >= 11 is 0. The van der Waals surface area contributed by atoms with Gasteiger partial charge in [0.2, 0.25) is 0 Å². The molecule has 5 rings (SSSR count). The Balaban J connectivity index is 1.47. The lowest BCUT2D eigenvalue weighted by atomic mass is 9.90. The van der Waals surface area contributed by atoms with Gasteiger partial charge in [-0.3, -0.25) is 24.2 Å². The van der Waals surface area contributed by atoms with Crippen LogP contribution in [-0.4, -0.2) is 79.2 Å². The first-order chi connectivity index (χ1) is 19.7. The van der Waals surface area contributed by atoms with E-state index >= 15 is 0 Å². The lowest BCUT2D eigenvalue weighted by Crippen LogP contribution is -2.59. The number of anilines is 1. The summed E-state index contributed by atoms with van der Waals surface area (Å²) in [6.07, 6.45) is 3.54. The first-order valence-corrected chi connectivity index (χ1v) is 14.3. The van der Waals surface area contributed by atoms with Gasteiger partial charge in [0.1, 0.15) is 6.61 Å². The Labute approximate surface area is 241 Å². The van der Waals surface area contributed by atoms with Crippen LogP contribution in [0, 0.1) is 0 Å². The fourth-order valence-corrected chi connectivity index (χ4v) is 6.18. The van der Waals surface area contributed by atoms with Crippen LogP contribution in [0.1, 0.15) is 71.0 Å². The van der Waals surface area contributed by atoms with E-state index in [1.807, 2.05) is 55.4 Å². The highest BCUT2D eigenvalue weighted by molar-refractivity contribution is 6.16. The van der Waals surface area contributed by atoms with Crippen LogP contribution in [0.25, 0.3) is 0 Å². The van der Waals surface area contributed by atoms with Gasteiger partial charge in [-0.15, -0.1) is 0 Å². The van der Waals surface area contributed by atoms with Crippen molar-refractivity contribution in [3.05, 3.63) is 76.4 Å². The fraction of sp³-hybridized carbons (Fsp3) is 0.438. The number of hydrogen-bond acceptors (Lipinski definition) is 8. The molecule has 1 N–H and O–H groups in total. The SMILES string of the molecule is CCCC(CC(c1ccc2c(c1)COC2=O)N1C(=O)C=C(C)C1=O)N1CCNCC1C(=O)c1ccc(N(C)C)cc1. The molecule has 0 aromatic heterocycles. The number of carbonyl (C=O) groups excluding carboxylic acids is 4. The summed E-state index contributed by atoms with van der Waals surface area (Å²) in [5.74, 6) is -0.954. The minimum absolute atomic E-state index is 0.0548. The number of benzene rings is 2. The number of cyclic esters (lactones) is 1. The van der Waals surface area contributed by atoms with E-state index in [4.69, 9.17) is 4.74 Å². The first-order valence-electron chi connectivity index (χ1n) is 14.3. The van der Waals surface area contributed by atoms with Crippen LogP contribution in [0.4, 0.5) is 5.69 Å². The molecule has 0 saturated carbocycles. The monoisotopic (exact) mass is 558 g/mol. The molecule has 3 aliphatic rings. The van der Waals surface area contributed by atoms with E-state index in [1.165, 1.54) is 11.0 Å². The maximum absolute atomic E-state index is 13.8. The number of fused-ring (bicyclic) bond motifs is 1. The molecule has 41 heavy (non-hydrogen) atoms. The smallest absolute Gasteiger partial charge is 0.338 e. The predicted molar refractivity (Wildman–Crippen MR) is 156 cm³/mol. The van der Waals surface area contributed by atoms with Crippen molar-refractivity contribution in [2.24, 2.45) is 0 Å². The van der Waals surface area contributed by atoms with Crippen molar-refractivity contribution in [2.45, 2.75) is 57.8 Å². The maximum Gasteiger partial charge on any atom is 0.338 e. The quantitative estimate of drug-likeness (QED) is 0.269. The molecule has 0 aliphatic carbocycles. The summed E-state index contributed by atoms with van der Waals surface area (Å²) in [4.78, 5) is 57.9. The Morgan fingerprint density at radius 3 is 2.54 bits per heavy atom. The van der Waals surface area contributed by atoms with Gasteiger partial charge in [-0.1, -0.05) is 19.4 Å². The van der Waals surface area contributed by atoms with Gasteiger partial charge in [0.05, 0.1) is 17.6 Å². The van der Waals surface area contributed by atoms with E-state index < -0.39 is 6.04 Å². The standard InChI is InChI=1S/C32H38N4O5/c1-5-6-25(35-14-13-33-18-28(35)30(38)21-7-10-24(11-8-21)34(3)4)17-27(36-29(37)15-20(2)31(36)39)22-9-12-26-23(16-22)19-41-32(26)40/h7-12,15-16,25,27-28,33H,5-6,13-14,17-19H2,1-4H3. The highest BCUT2D eigenvalue weighted by atomic mass is 16.5. The number of rotatable bonds is 10. The van der Waals surface area contributed by atoms with Gasteiger partial charge in [0.25, 0.3) is 11.8 Å². The number of nitrogens with one attached hydrogen (secondary N) is 1. The molecule has 9 heteroatoms. The van der Waals surface area contributed by atoms with Crippen LogP contribution in [0.15, 0.2) is 54.1 Å². The zero-order valence-electron chi connectivity index (χ0n) is 24.2. The van der Waals surface area contributed by atoms with E-state index in [-0.39, 0.29) is 42.3 Å². The summed E-state index contributed by atoms with van der Waals surface area (Å²) in [7, 11) is 3.93. The average molecular weight is 559 g/mol. The number of piperazine rings is 1. The molecular weight excluding hydrogens is 520 g/mol. The Bertz CT molecular complexity index is 1380. The third-order valence-corrected chi connectivity index (χ3v) is 8.38. The van der Waals surface area contributed by atoms with Crippen molar-refractivity contribution in [2.75, 3.05) is 38.6 Å². The number of ketones is 1. The third-order valence-electron chi connectivity index (χ3n) is 8.38. The Morgan fingerprint density at radius 2 is 1.88 bits per heavy atom. The lowest BCUT2D eigenvalue weighted by Gasteiger charge is -2.43. The molecule has 0 radical (unpaired) electrons. The zero-order valence-corrected chi connectivity index (χ0v) is 24.2. The lowest BCUT2D eigenvalue weighted by molar-refractivity contribution is -0.140. The Kier molecular flexibility index (Phi) is 8.37. The fourth-order valence-electron chi connectivity index (χ4n) is 6.18. The summed E-state index contributed by atoms with van der Waals surface area (Å²) in [5, 5.41) is 3.39. The Hall–Kier alpha value is -3.82. The number of imide groups is 1. The van der Waals surface area contributed by atoms with Gasteiger partial charge < -0.3 is 15.0 Å². The van der Waals surface area contributed by atoms with Gasteiger partial charge in [-0.05, 0) is 61.7 Å². The third kappa shape index (κ3) is 5.69. The van der Waals surface area contributed by atoms with Crippen LogP contribution >= 0.6 is 0 Å². The van der Waals surface area contributed by atoms with Crippen molar-refractivity contribution in [3.8, 4) is 0 Å². The molecule has 2 aromatic carbocycles. The first kappa shape index (κ1) is 28.7.